The van der Waals surface area contributed by atoms with E-state index in [2.05, 4.69) is 59.1 Å². The number of hydrogen-bond donors (Lipinski definition) is 1. The van der Waals surface area contributed by atoms with Crippen molar-refractivity contribution in [2.75, 3.05) is 5.32 Å². The van der Waals surface area contributed by atoms with Crippen LogP contribution in [0.15, 0.2) is 45.1 Å². The molecular formula is C19H18BrN3O2S. The first-order chi connectivity index (χ1) is 12.3. The van der Waals surface area contributed by atoms with Gasteiger partial charge in [0.25, 0.3) is 5.56 Å². The van der Waals surface area contributed by atoms with Gasteiger partial charge in [0.05, 0.1) is 5.69 Å². The Kier molecular flexibility index (Phi) is 5.38. The van der Waals surface area contributed by atoms with Gasteiger partial charge in [0, 0.05) is 27.7 Å². The molecule has 7 heteroatoms. The van der Waals surface area contributed by atoms with Gasteiger partial charge >= 0.3 is 0 Å². The van der Waals surface area contributed by atoms with E-state index < -0.39 is 0 Å². The highest BCUT2D eigenvalue weighted by Crippen LogP contribution is 2.29. The number of aromatic nitrogens is 2. The van der Waals surface area contributed by atoms with Gasteiger partial charge in [0.1, 0.15) is 6.54 Å². The molecule has 3 rings (SSSR count). The van der Waals surface area contributed by atoms with Crippen LogP contribution in [0.4, 0.5) is 5.13 Å². The Hall–Kier alpha value is -2.25. The lowest BCUT2D eigenvalue weighted by Gasteiger charge is -2.08. The molecule has 2 aromatic heterocycles. The number of halogens is 1. The Labute approximate surface area is 163 Å². The second-order valence-corrected chi connectivity index (χ2v) is 7.92. The van der Waals surface area contributed by atoms with Crippen molar-refractivity contribution in [1.29, 1.82) is 0 Å². The van der Waals surface area contributed by atoms with Gasteiger partial charge in [-0.2, -0.15) is 0 Å². The van der Waals surface area contributed by atoms with Gasteiger partial charge in [-0.25, -0.2) is 4.98 Å². The molecule has 1 amide bonds. The molecule has 5 nitrogen and oxygen atoms in total. The molecule has 0 spiro atoms. The predicted octanol–water partition coefficient (Wildman–Crippen LogP) is 4.30. The van der Waals surface area contributed by atoms with Crippen molar-refractivity contribution in [3.8, 4) is 11.3 Å². The van der Waals surface area contributed by atoms with E-state index in [1.165, 1.54) is 33.1 Å². The zero-order valence-corrected chi connectivity index (χ0v) is 17.1. The normalized spacial score (nSPS) is 10.8. The smallest absolute Gasteiger partial charge is 0.251 e. The van der Waals surface area contributed by atoms with E-state index in [4.69, 9.17) is 0 Å². The molecule has 0 aliphatic heterocycles. The summed E-state index contributed by atoms with van der Waals surface area (Å²) in [5, 5.41) is 5.21. The number of thiazole rings is 1. The maximum atomic E-state index is 12.2. The summed E-state index contributed by atoms with van der Waals surface area (Å²) >= 11 is 4.67. The second kappa shape index (κ2) is 7.55. The number of pyridine rings is 1. The first-order valence-electron chi connectivity index (χ1n) is 8.03. The molecule has 0 fully saturated rings. The summed E-state index contributed by atoms with van der Waals surface area (Å²) in [5.74, 6) is -0.289. The van der Waals surface area contributed by atoms with Crippen LogP contribution in [0.3, 0.4) is 0 Å². The Morgan fingerprint density at radius 2 is 1.92 bits per heavy atom. The monoisotopic (exact) mass is 431 g/mol. The zero-order chi connectivity index (χ0) is 18.8. The lowest BCUT2D eigenvalue weighted by Crippen LogP contribution is -2.26. The molecule has 0 atom stereocenters. The Morgan fingerprint density at radius 1 is 1.19 bits per heavy atom. The molecular weight excluding hydrogens is 414 g/mol. The fourth-order valence-electron chi connectivity index (χ4n) is 2.63. The molecule has 0 unspecified atom stereocenters. The van der Waals surface area contributed by atoms with Crippen molar-refractivity contribution in [2.24, 2.45) is 0 Å². The Bertz CT molecular complexity index is 1040. The van der Waals surface area contributed by atoms with E-state index in [0.717, 1.165) is 21.3 Å². The highest BCUT2D eigenvalue weighted by atomic mass is 79.9. The summed E-state index contributed by atoms with van der Waals surface area (Å²) in [6, 6.07) is 7.32. The van der Waals surface area contributed by atoms with Crippen molar-refractivity contribution in [3.05, 3.63) is 67.4 Å². The Morgan fingerprint density at radius 3 is 2.69 bits per heavy atom. The number of benzene rings is 1. The van der Waals surface area contributed by atoms with E-state index in [1.54, 1.807) is 12.3 Å². The van der Waals surface area contributed by atoms with Crippen LogP contribution in [0.1, 0.15) is 16.7 Å². The fourth-order valence-corrected chi connectivity index (χ4v) is 3.74. The van der Waals surface area contributed by atoms with Crippen molar-refractivity contribution in [3.63, 3.8) is 0 Å². The number of amides is 1. The van der Waals surface area contributed by atoms with Crippen LogP contribution in [0, 0.1) is 20.8 Å². The molecule has 0 saturated carbocycles. The lowest BCUT2D eigenvalue weighted by molar-refractivity contribution is -0.116. The minimum atomic E-state index is -0.289. The molecule has 0 radical (unpaired) electrons. The average Bonchev–Trinajstić information content (AvgIpc) is 3.02. The van der Waals surface area contributed by atoms with Gasteiger partial charge in [0.2, 0.25) is 5.91 Å². The molecule has 26 heavy (non-hydrogen) atoms. The number of carbonyl (C=O) groups excluding carboxylic acids is 1. The lowest BCUT2D eigenvalue weighted by atomic mass is 9.99. The maximum Gasteiger partial charge on any atom is 0.251 e. The minimum Gasteiger partial charge on any atom is -0.305 e. The number of nitrogens with zero attached hydrogens (tertiary/aromatic N) is 2. The first kappa shape index (κ1) is 18.5. The van der Waals surface area contributed by atoms with Gasteiger partial charge in [0.15, 0.2) is 5.13 Å². The third-order valence-electron chi connectivity index (χ3n) is 4.13. The summed E-state index contributed by atoms with van der Waals surface area (Å²) in [6.07, 6.45) is 1.59. The van der Waals surface area contributed by atoms with Crippen LogP contribution in [-0.2, 0) is 11.3 Å². The topological polar surface area (TPSA) is 64.0 Å². The molecule has 0 bridgehead atoms. The quantitative estimate of drug-likeness (QED) is 0.669. The number of nitrogens with one attached hydrogen (secondary N) is 1. The number of aryl methyl sites for hydroxylation is 3. The number of rotatable bonds is 4. The van der Waals surface area contributed by atoms with Crippen molar-refractivity contribution >= 4 is 38.3 Å². The highest BCUT2D eigenvalue weighted by molar-refractivity contribution is 9.10. The van der Waals surface area contributed by atoms with Crippen LogP contribution in [-0.4, -0.2) is 15.5 Å². The Balaban J connectivity index is 1.76. The fraction of sp³-hybridized carbons (Fsp3) is 0.211. The zero-order valence-electron chi connectivity index (χ0n) is 14.7. The number of carbonyl (C=O) groups is 1. The van der Waals surface area contributed by atoms with E-state index in [1.807, 2.05) is 5.38 Å². The molecule has 3 aromatic rings. The summed E-state index contributed by atoms with van der Waals surface area (Å²) in [4.78, 5) is 28.6. The van der Waals surface area contributed by atoms with E-state index >= 15 is 0 Å². The van der Waals surface area contributed by atoms with E-state index in [-0.39, 0.29) is 18.0 Å². The number of hydrogen-bond acceptors (Lipinski definition) is 4. The first-order valence-corrected chi connectivity index (χ1v) is 9.70. The van der Waals surface area contributed by atoms with Crippen LogP contribution >= 0.6 is 27.3 Å². The van der Waals surface area contributed by atoms with Crippen LogP contribution < -0.4 is 10.9 Å². The third-order valence-corrected chi connectivity index (χ3v) is 5.36. The van der Waals surface area contributed by atoms with Gasteiger partial charge in [-0.3, -0.25) is 9.59 Å². The predicted molar refractivity (Wildman–Crippen MR) is 109 cm³/mol. The molecule has 1 N–H and O–H groups in total. The molecule has 1 aromatic carbocycles. The summed E-state index contributed by atoms with van der Waals surface area (Å²) < 4.78 is 2.09. The van der Waals surface area contributed by atoms with Gasteiger partial charge in [-0.05, 0) is 65.5 Å². The van der Waals surface area contributed by atoms with Crippen molar-refractivity contribution in [1.82, 2.24) is 9.55 Å². The summed E-state index contributed by atoms with van der Waals surface area (Å²) in [5.41, 5.74) is 5.28. The highest BCUT2D eigenvalue weighted by Gasteiger charge is 2.12. The van der Waals surface area contributed by atoms with Crippen molar-refractivity contribution in [2.45, 2.75) is 27.3 Å². The minimum absolute atomic E-state index is 0.0597. The molecule has 0 aliphatic rings. The largest absolute Gasteiger partial charge is 0.305 e. The summed E-state index contributed by atoms with van der Waals surface area (Å²) in [7, 11) is 0. The van der Waals surface area contributed by atoms with Crippen molar-refractivity contribution < 1.29 is 4.79 Å². The van der Waals surface area contributed by atoms with Crippen LogP contribution in [0.5, 0.6) is 0 Å². The molecule has 2 heterocycles. The molecule has 134 valence electrons. The molecule has 0 saturated heterocycles. The maximum absolute atomic E-state index is 12.2. The van der Waals surface area contributed by atoms with Gasteiger partial charge in [-0.1, -0.05) is 6.07 Å². The van der Waals surface area contributed by atoms with Crippen LogP contribution in [0.25, 0.3) is 11.3 Å². The number of anilines is 1. The van der Waals surface area contributed by atoms with Gasteiger partial charge < -0.3 is 9.88 Å². The SMILES string of the molecule is Cc1cc(C)c(-c2csc(NC(=O)Cn3cc(Br)ccc3=O)n2)cc1C. The molecule has 0 aliphatic carbocycles. The van der Waals surface area contributed by atoms with E-state index in [0.29, 0.717) is 5.13 Å². The summed E-state index contributed by atoms with van der Waals surface area (Å²) in [6.45, 7) is 6.15. The standard InChI is InChI=1S/C19H18BrN3O2S/c1-11-6-13(3)15(7-12(11)2)16-10-26-19(21-16)22-17(24)9-23-8-14(20)4-5-18(23)25/h4-8,10H,9H2,1-3H3,(H,21,22,24). The third kappa shape index (κ3) is 4.11. The second-order valence-electron chi connectivity index (χ2n) is 6.15. The van der Waals surface area contributed by atoms with E-state index in [9.17, 15) is 9.59 Å². The van der Waals surface area contributed by atoms with Crippen LogP contribution in [0.2, 0.25) is 0 Å². The average molecular weight is 432 g/mol. The van der Waals surface area contributed by atoms with Gasteiger partial charge in [-0.15, -0.1) is 11.3 Å².